The van der Waals surface area contributed by atoms with Crippen molar-refractivity contribution < 1.29 is 17.9 Å². The summed E-state index contributed by atoms with van der Waals surface area (Å²) in [6, 6.07) is 15.8. The lowest BCUT2D eigenvalue weighted by Gasteiger charge is -2.17. The topological polar surface area (TPSA) is 115 Å². The smallest absolute Gasteiger partial charge is 0.291 e. The molecule has 1 amide bonds. The second-order valence-corrected chi connectivity index (χ2v) is 7.74. The van der Waals surface area contributed by atoms with E-state index < -0.39 is 15.9 Å². The highest BCUT2D eigenvalue weighted by Gasteiger charge is 2.31. The Balaban J connectivity index is 1.56. The third kappa shape index (κ3) is 3.23. The molecule has 1 aliphatic rings. The third-order valence-electron chi connectivity index (χ3n) is 4.32. The Morgan fingerprint density at radius 2 is 1.89 bits per heavy atom. The molecule has 2 heterocycles. The minimum atomic E-state index is -3.76. The summed E-state index contributed by atoms with van der Waals surface area (Å²) in [6.07, 6.45) is -0.332. The van der Waals surface area contributed by atoms with Crippen LogP contribution in [-0.4, -0.2) is 42.7 Å². The Labute approximate surface area is 161 Å². The van der Waals surface area contributed by atoms with E-state index in [-0.39, 0.29) is 29.3 Å². The number of ether oxygens (including phenoxy) is 1. The van der Waals surface area contributed by atoms with Crippen molar-refractivity contribution in [3.63, 3.8) is 0 Å². The summed E-state index contributed by atoms with van der Waals surface area (Å²) in [6.45, 7) is 0.214. The minimum Gasteiger partial charge on any atom is -0.375 e. The molecule has 2 aromatic carbocycles. The number of nitrogens with zero attached hydrogens (tertiary/aromatic N) is 3. The molecule has 0 aliphatic carbocycles. The molecule has 0 saturated carbocycles. The lowest BCUT2D eigenvalue weighted by Crippen LogP contribution is -2.30. The van der Waals surface area contributed by atoms with Crippen LogP contribution in [0.15, 0.2) is 59.5 Å². The van der Waals surface area contributed by atoms with E-state index in [0.717, 1.165) is 5.56 Å². The lowest BCUT2D eigenvalue weighted by atomic mass is 10.1. The van der Waals surface area contributed by atoms with Crippen molar-refractivity contribution in [1.82, 2.24) is 20.1 Å². The zero-order valence-electron chi connectivity index (χ0n) is 14.9. The highest BCUT2D eigenvalue weighted by atomic mass is 32.2. The summed E-state index contributed by atoms with van der Waals surface area (Å²) in [5.41, 5.74) is 1.26. The first-order chi connectivity index (χ1) is 13.5. The molecule has 1 aromatic heterocycles. The van der Waals surface area contributed by atoms with Crippen molar-refractivity contribution in [2.45, 2.75) is 11.0 Å². The number of hydrogen-bond donors (Lipinski definition) is 2. The van der Waals surface area contributed by atoms with E-state index in [2.05, 4.69) is 20.1 Å². The zero-order chi connectivity index (χ0) is 19.7. The first kappa shape index (κ1) is 18.1. The van der Waals surface area contributed by atoms with E-state index >= 15 is 0 Å². The molecule has 144 valence electrons. The number of carbonyl (C=O) groups excluding carboxylic acids is 1. The molecule has 9 nitrogen and oxygen atoms in total. The molecule has 4 rings (SSSR count). The van der Waals surface area contributed by atoms with Crippen LogP contribution >= 0.6 is 0 Å². The Morgan fingerprint density at radius 1 is 1.18 bits per heavy atom. The van der Waals surface area contributed by atoms with Crippen molar-refractivity contribution in [3.05, 3.63) is 66.0 Å². The molecule has 1 aliphatic heterocycles. The predicted molar refractivity (Wildman–Crippen MR) is 101 cm³/mol. The maximum atomic E-state index is 12.5. The van der Waals surface area contributed by atoms with Gasteiger partial charge in [-0.1, -0.05) is 42.5 Å². The van der Waals surface area contributed by atoms with Crippen molar-refractivity contribution in [3.8, 4) is 5.69 Å². The van der Waals surface area contributed by atoms with Crippen LogP contribution in [0.4, 0.5) is 5.95 Å². The fraction of sp³-hybridized carbons (Fsp3) is 0.167. The van der Waals surface area contributed by atoms with Crippen LogP contribution in [0.5, 0.6) is 0 Å². The van der Waals surface area contributed by atoms with Gasteiger partial charge < -0.3 is 10.1 Å². The molecule has 0 spiro atoms. The Morgan fingerprint density at radius 3 is 2.64 bits per heavy atom. The average molecular weight is 399 g/mol. The number of rotatable bonds is 5. The molecule has 0 unspecified atom stereocenters. The van der Waals surface area contributed by atoms with Crippen molar-refractivity contribution in [2.75, 3.05) is 18.4 Å². The molecule has 2 N–H and O–H groups in total. The van der Waals surface area contributed by atoms with Gasteiger partial charge in [0.2, 0.25) is 11.8 Å². The van der Waals surface area contributed by atoms with Crippen LogP contribution in [0.25, 0.3) is 5.69 Å². The number of aromatic nitrogens is 3. The number of hydrogen-bond acceptors (Lipinski definition) is 6. The maximum Gasteiger partial charge on any atom is 0.291 e. The van der Waals surface area contributed by atoms with E-state index in [1.54, 1.807) is 25.3 Å². The lowest BCUT2D eigenvalue weighted by molar-refractivity contribution is 0.0820. The molecular formula is C18H17N5O4S. The van der Waals surface area contributed by atoms with Gasteiger partial charge in [0.1, 0.15) is 4.90 Å². The molecule has 0 radical (unpaired) electrons. The van der Waals surface area contributed by atoms with Crippen LogP contribution in [0.1, 0.15) is 22.3 Å². The van der Waals surface area contributed by atoms with E-state index in [4.69, 9.17) is 4.74 Å². The number of anilines is 1. The van der Waals surface area contributed by atoms with Crippen molar-refractivity contribution >= 4 is 21.9 Å². The third-order valence-corrected chi connectivity index (χ3v) is 5.70. The van der Waals surface area contributed by atoms with Crippen LogP contribution in [-0.2, 0) is 14.8 Å². The van der Waals surface area contributed by atoms with Crippen molar-refractivity contribution in [1.29, 1.82) is 0 Å². The molecule has 10 heteroatoms. The van der Waals surface area contributed by atoms with E-state index in [0.29, 0.717) is 5.69 Å². The second-order valence-electron chi connectivity index (χ2n) is 6.09. The Kier molecular flexibility index (Phi) is 4.57. The fourth-order valence-electron chi connectivity index (χ4n) is 2.95. The summed E-state index contributed by atoms with van der Waals surface area (Å²) in [4.78, 5) is 16.6. The van der Waals surface area contributed by atoms with E-state index in [9.17, 15) is 13.2 Å². The molecule has 0 fully saturated rings. The van der Waals surface area contributed by atoms with Crippen LogP contribution in [0.2, 0.25) is 0 Å². The molecule has 0 bridgehead atoms. The number of amides is 1. The Bertz CT molecular complexity index is 1130. The first-order valence-electron chi connectivity index (χ1n) is 8.45. The molecule has 3 aromatic rings. The minimum absolute atomic E-state index is 0.0322. The van der Waals surface area contributed by atoms with Gasteiger partial charge in [-0.25, -0.2) is 13.1 Å². The van der Waals surface area contributed by atoms with Gasteiger partial charge >= 0.3 is 0 Å². The number of sulfonamides is 1. The summed E-state index contributed by atoms with van der Waals surface area (Å²) < 4.78 is 33.7. The largest absolute Gasteiger partial charge is 0.375 e. The van der Waals surface area contributed by atoms with E-state index in [1.165, 1.54) is 10.7 Å². The normalized spacial score (nSPS) is 15.0. The van der Waals surface area contributed by atoms with Gasteiger partial charge in [0.05, 0.1) is 11.8 Å². The molecular weight excluding hydrogens is 382 g/mol. The summed E-state index contributed by atoms with van der Waals surface area (Å²) in [5.74, 6) is -0.705. The number of methoxy groups -OCH3 is 1. The summed E-state index contributed by atoms with van der Waals surface area (Å²) >= 11 is 0. The average Bonchev–Trinajstić information content (AvgIpc) is 3.12. The number of carbonyl (C=O) groups is 1. The van der Waals surface area contributed by atoms with E-state index in [1.807, 2.05) is 30.3 Å². The maximum absolute atomic E-state index is 12.5. The number of benzene rings is 2. The summed E-state index contributed by atoms with van der Waals surface area (Å²) in [7, 11) is -2.20. The Hall–Kier alpha value is -3.24. The van der Waals surface area contributed by atoms with Crippen molar-refractivity contribution in [2.24, 2.45) is 0 Å². The van der Waals surface area contributed by atoms with Gasteiger partial charge in [-0.3, -0.25) is 4.79 Å². The molecule has 28 heavy (non-hydrogen) atoms. The van der Waals surface area contributed by atoms with Gasteiger partial charge in [-0.2, -0.15) is 9.67 Å². The van der Waals surface area contributed by atoms with Gasteiger partial charge in [0.15, 0.2) is 0 Å². The van der Waals surface area contributed by atoms with Gasteiger partial charge in [-0.15, -0.1) is 5.10 Å². The highest BCUT2D eigenvalue weighted by Crippen LogP contribution is 2.29. The van der Waals surface area contributed by atoms with Crippen LogP contribution < -0.4 is 10.0 Å². The monoisotopic (exact) mass is 399 g/mol. The zero-order valence-corrected chi connectivity index (χ0v) is 15.7. The quantitative estimate of drug-likeness (QED) is 0.672. The number of nitrogens with one attached hydrogen (secondary N) is 2. The number of fused-ring (bicyclic) bond motifs is 3. The highest BCUT2D eigenvalue weighted by molar-refractivity contribution is 7.92. The molecule has 1 atom stereocenters. The second kappa shape index (κ2) is 7.06. The van der Waals surface area contributed by atoms with Gasteiger partial charge in [-0.05, 0) is 17.7 Å². The van der Waals surface area contributed by atoms with Crippen LogP contribution in [0.3, 0.4) is 0 Å². The summed E-state index contributed by atoms with van der Waals surface area (Å²) in [5, 5.41) is 6.88. The first-order valence-corrected chi connectivity index (χ1v) is 9.93. The van der Waals surface area contributed by atoms with Gasteiger partial charge in [0, 0.05) is 13.7 Å². The van der Waals surface area contributed by atoms with Crippen LogP contribution in [0, 0.1) is 0 Å². The SMILES string of the molecule is CO[C@@H](CNC(=O)c1nc2n(n1)-c1ccccc1S(=O)(=O)N2)c1ccccc1. The predicted octanol–water partition coefficient (Wildman–Crippen LogP) is 1.50. The fourth-order valence-corrected chi connectivity index (χ4v) is 4.12. The van der Waals surface area contributed by atoms with Gasteiger partial charge in [0.25, 0.3) is 15.9 Å². The number of para-hydroxylation sites is 1. The molecule has 0 saturated heterocycles. The standard InChI is InChI=1S/C18H17N5O4S/c1-27-14(12-7-3-2-4-8-12)11-19-17(24)16-20-18-22-28(25,26)15-10-6-5-9-13(15)23(18)21-16/h2-10,14H,11H2,1H3,(H,19,24)(H,20,21,22)/t14-/m0/s1.